The quantitative estimate of drug-likeness (QED) is 0.625. The van der Waals surface area contributed by atoms with Crippen LogP contribution in [0.3, 0.4) is 0 Å². The summed E-state index contributed by atoms with van der Waals surface area (Å²) in [5, 5.41) is 0. The first-order chi connectivity index (χ1) is 6.95. The van der Waals surface area contributed by atoms with E-state index in [0.29, 0.717) is 0 Å². The van der Waals surface area contributed by atoms with Gasteiger partial charge in [-0.15, -0.1) is 0 Å². The maximum Gasteiger partial charge on any atom is 0.0795 e. The molecule has 2 aliphatic rings. The van der Waals surface area contributed by atoms with E-state index in [0.717, 1.165) is 26.1 Å². The second kappa shape index (κ2) is 5.13. The molecule has 0 aliphatic carbocycles. The zero-order valence-electron chi connectivity index (χ0n) is 8.26. The summed E-state index contributed by atoms with van der Waals surface area (Å²) >= 11 is 0. The Bertz CT molecular complexity index is 227. The lowest BCUT2D eigenvalue weighted by molar-refractivity contribution is 0.0908. The first-order valence-electron chi connectivity index (χ1n) is 5.16. The Morgan fingerprint density at radius 3 is 1.64 bits per heavy atom. The summed E-state index contributed by atoms with van der Waals surface area (Å²) < 4.78 is 11.0. The smallest absolute Gasteiger partial charge is 0.0795 e. The number of rotatable bonds is 2. The molecule has 2 aliphatic heterocycles. The maximum absolute atomic E-state index is 5.52. The minimum atomic E-state index is 0.245. The van der Waals surface area contributed by atoms with Gasteiger partial charge in [0.2, 0.25) is 0 Å². The molecule has 2 heteroatoms. The van der Waals surface area contributed by atoms with E-state index in [1.807, 2.05) is 0 Å². The Hall–Kier alpha value is -0.860. The standard InChI is InChI=1S/C12H16O2/c1-3-9-13-11(5-1)7-8-12-6-2-4-10-14-12/h1-4,7-8,11-12H,5-6,9-10H2/b8-7+. The lowest BCUT2D eigenvalue weighted by atomic mass is 10.1. The van der Waals surface area contributed by atoms with Crippen LogP contribution in [-0.2, 0) is 9.47 Å². The summed E-state index contributed by atoms with van der Waals surface area (Å²) in [5.74, 6) is 0. The molecule has 0 aromatic rings. The molecule has 14 heavy (non-hydrogen) atoms. The lowest BCUT2D eigenvalue weighted by Gasteiger charge is -2.18. The molecule has 2 nitrogen and oxygen atoms in total. The van der Waals surface area contributed by atoms with Crippen molar-refractivity contribution in [1.29, 1.82) is 0 Å². The van der Waals surface area contributed by atoms with E-state index in [4.69, 9.17) is 9.47 Å². The van der Waals surface area contributed by atoms with Gasteiger partial charge in [0.25, 0.3) is 0 Å². The SMILES string of the molecule is C1=CCC(/C=C/C2CC=CCO2)OC1. The first kappa shape index (κ1) is 9.69. The predicted molar refractivity (Wildman–Crippen MR) is 56.1 cm³/mol. The Labute approximate surface area is 84.9 Å². The van der Waals surface area contributed by atoms with Crippen LogP contribution >= 0.6 is 0 Å². The molecular formula is C12H16O2. The molecule has 0 bridgehead atoms. The van der Waals surface area contributed by atoms with Crippen molar-refractivity contribution in [2.75, 3.05) is 13.2 Å². The molecule has 0 spiro atoms. The average Bonchev–Trinajstić information content (AvgIpc) is 2.29. The van der Waals surface area contributed by atoms with Crippen LogP contribution in [0.15, 0.2) is 36.5 Å². The Kier molecular flexibility index (Phi) is 3.55. The van der Waals surface area contributed by atoms with Crippen LogP contribution < -0.4 is 0 Å². The zero-order chi connectivity index (χ0) is 9.64. The first-order valence-corrected chi connectivity index (χ1v) is 5.16. The topological polar surface area (TPSA) is 18.5 Å². The molecule has 0 fully saturated rings. The molecule has 2 atom stereocenters. The van der Waals surface area contributed by atoms with Gasteiger partial charge in [0.15, 0.2) is 0 Å². The third kappa shape index (κ3) is 2.82. The third-order valence-corrected chi connectivity index (χ3v) is 2.42. The molecule has 0 aromatic heterocycles. The summed E-state index contributed by atoms with van der Waals surface area (Å²) in [4.78, 5) is 0. The van der Waals surface area contributed by atoms with Crippen molar-refractivity contribution in [3.63, 3.8) is 0 Å². The monoisotopic (exact) mass is 192 g/mol. The van der Waals surface area contributed by atoms with Gasteiger partial charge in [0.05, 0.1) is 25.4 Å². The molecule has 0 radical (unpaired) electrons. The minimum absolute atomic E-state index is 0.245. The summed E-state index contributed by atoms with van der Waals surface area (Å²) in [6.45, 7) is 1.47. The van der Waals surface area contributed by atoms with Gasteiger partial charge in [-0.3, -0.25) is 0 Å². The van der Waals surface area contributed by atoms with Crippen LogP contribution in [0.25, 0.3) is 0 Å². The van der Waals surface area contributed by atoms with Crippen LogP contribution in [-0.4, -0.2) is 25.4 Å². The second-order valence-corrected chi connectivity index (χ2v) is 3.54. The Morgan fingerprint density at radius 2 is 1.29 bits per heavy atom. The molecular weight excluding hydrogens is 176 g/mol. The molecule has 0 saturated heterocycles. The highest BCUT2D eigenvalue weighted by atomic mass is 16.5. The van der Waals surface area contributed by atoms with E-state index in [9.17, 15) is 0 Å². The fourth-order valence-corrected chi connectivity index (χ4v) is 1.61. The van der Waals surface area contributed by atoms with E-state index in [1.54, 1.807) is 0 Å². The Morgan fingerprint density at radius 1 is 0.786 bits per heavy atom. The molecule has 2 heterocycles. The lowest BCUT2D eigenvalue weighted by Crippen LogP contribution is -2.16. The molecule has 0 N–H and O–H groups in total. The Balaban J connectivity index is 1.80. The highest BCUT2D eigenvalue weighted by Gasteiger charge is 2.09. The van der Waals surface area contributed by atoms with Crippen molar-refractivity contribution < 1.29 is 9.47 Å². The summed E-state index contributed by atoms with van der Waals surface area (Å²) in [5.41, 5.74) is 0. The molecule has 2 unspecified atom stereocenters. The van der Waals surface area contributed by atoms with Gasteiger partial charge in [-0.25, -0.2) is 0 Å². The van der Waals surface area contributed by atoms with Crippen molar-refractivity contribution in [2.24, 2.45) is 0 Å². The van der Waals surface area contributed by atoms with E-state index < -0.39 is 0 Å². The third-order valence-electron chi connectivity index (χ3n) is 2.42. The summed E-state index contributed by atoms with van der Waals surface area (Å²) in [7, 11) is 0. The van der Waals surface area contributed by atoms with Gasteiger partial charge in [-0.1, -0.05) is 36.5 Å². The van der Waals surface area contributed by atoms with E-state index >= 15 is 0 Å². The second-order valence-electron chi connectivity index (χ2n) is 3.54. The zero-order valence-corrected chi connectivity index (χ0v) is 8.26. The number of hydrogen-bond acceptors (Lipinski definition) is 2. The number of hydrogen-bond donors (Lipinski definition) is 0. The molecule has 0 saturated carbocycles. The van der Waals surface area contributed by atoms with Crippen LogP contribution in [0.4, 0.5) is 0 Å². The fourth-order valence-electron chi connectivity index (χ4n) is 1.61. The van der Waals surface area contributed by atoms with Crippen LogP contribution in [0.2, 0.25) is 0 Å². The van der Waals surface area contributed by atoms with Crippen molar-refractivity contribution in [1.82, 2.24) is 0 Å². The van der Waals surface area contributed by atoms with Crippen LogP contribution in [0.1, 0.15) is 12.8 Å². The van der Waals surface area contributed by atoms with Gasteiger partial charge in [0.1, 0.15) is 0 Å². The highest BCUT2D eigenvalue weighted by molar-refractivity contribution is 5.04. The summed E-state index contributed by atoms with van der Waals surface area (Å²) in [6, 6.07) is 0. The largest absolute Gasteiger partial charge is 0.370 e. The molecule has 0 aromatic carbocycles. The maximum atomic E-state index is 5.52. The molecule has 0 amide bonds. The van der Waals surface area contributed by atoms with Gasteiger partial charge < -0.3 is 9.47 Å². The average molecular weight is 192 g/mol. The van der Waals surface area contributed by atoms with Crippen molar-refractivity contribution in [3.05, 3.63) is 36.5 Å². The summed E-state index contributed by atoms with van der Waals surface area (Å²) in [6.07, 6.45) is 15.1. The van der Waals surface area contributed by atoms with Gasteiger partial charge >= 0.3 is 0 Å². The van der Waals surface area contributed by atoms with E-state index in [2.05, 4.69) is 36.5 Å². The van der Waals surface area contributed by atoms with E-state index in [1.165, 1.54) is 0 Å². The van der Waals surface area contributed by atoms with Crippen molar-refractivity contribution in [2.45, 2.75) is 25.0 Å². The van der Waals surface area contributed by atoms with E-state index in [-0.39, 0.29) is 12.2 Å². The minimum Gasteiger partial charge on any atom is -0.370 e. The highest BCUT2D eigenvalue weighted by Crippen LogP contribution is 2.11. The fraction of sp³-hybridized carbons (Fsp3) is 0.500. The van der Waals surface area contributed by atoms with Crippen LogP contribution in [0, 0.1) is 0 Å². The van der Waals surface area contributed by atoms with Crippen molar-refractivity contribution >= 4 is 0 Å². The van der Waals surface area contributed by atoms with Gasteiger partial charge in [0, 0.05) is 0 Å². The predicted octanol–water partition coefficient (Wildman–Crippen LogP) is 2.23. The molecule has 76 valence electrons. The molecule has 2 rings (SSSR count). The van der Waals surface area contributed by atoms with Gasteiger partial charge in [-0.2, -0.15) is 0 Å². The number of ether oxygens (including phenoxy) is 2. The van der Waals surface area contributed by atoms with Gasteiger partial charge in [-0.05, 0) is 12.8 Å². The normalized spacial score (nSPS) is 32.6. The van der Waals surface area contributed by atoms with Crippen LogP contribution in [0.5, 0.6) is 0 Å². The van der Waals surface area contributed by atoms with Crippen molar-refractivity contribution in [3.8, 4) is 0 Å².